The number of hydrogen-bond acceptors (Lipinski definition) is 9. The van der Waals surface area contributed by atoms with Crippen LogP contribution in [0, 0.1) is 0 Å². The Morgan fingerprint density at radius 3 is 1.65 bits per heavy atom. The second-order valence-electron chi connectivity index (χ2n) is 7.30. The molecule has 2 fully saturated rings. The summed E-state index contributed by atoms with van der Waals surface area (Å²) in [6, 6.07) is 0.935. The first-order valence-corrected chi connectivity index (χ1v) is 14.9. The lowest BCUT2D eigenvalue weighted by atomic mass is 10.3. The van der Waals surface area contributed by atoms with Crippen molar-refractivity contribution >= 4 is 18.1 Å². The summed E-state index contributed by atoms with van der Waals surface area (Å²) in [7, 11) is 0.607. The van der Waals surface area contributed by atoms with Crippen LogP contribution in [0.3, 0.4) is 0 Å². The van der Waals surface area contributed by atoms with Gasteiger partial charge < -0.3 is 41.1 Å². The fourth-order valence-electron chi connectivity index (χ4n) is 3.03. The molecule has 31 heavy (non-hydrogen) atoms. The molecule has 0 bridgehead atoms. The molecule has 2 heterocycles. The normalized spacial score (nSPS) is 22.1. The molecule has 186 valence electrons. The van der Waals surface area contributed by atoms with Crippen LogP contribution in [0.5, 0.6) is 0 Å². The molecule has 2 rings (SSSR count). The van der Waals surface area contributed by atoms with E-state index in [4.69, 9.17) is 41.1 Å². The fourth-order valence-corrected chi connectivity index (χ4v) is 7.13. The Balaban J connectivity index is 0.000000311. The van der Waals surface area contributed by atoms with Crippen molar-refractivity contribution in [3.8, 4) is 0 Å². The van der Waals surface area contributed by atoms with E-state index in [0.717, 1.165) is 51.9 Å². The Kier molecular flexibility index (Phi) is 15.6. The van der Waals surface area contributed by atoms with Crippen molar-refractivity contribution in [1.29, 1.82) is 0 Å². The Morgan fingerprint density at radius 1 is 0.806 bits per heavy atom. The Hall–Kier alpha value is 0.0738. The van der Waals surface area contributed by atoms with Gasteiger partial charge >= 0.3 is 18.1 Å². The summed E-state index contributed by atoms with van der Waals surface area (Å²) in [5.41, 5.74) is -0.123. The molecule has 11 heteroatoms. The average molecular weight is 485 g/mol. The van der Waals surface area contributed by atoms with Crippen molar-refractivity contribution in [3.05, 3.63) is 0 Å². The molecule has 2 aliphatic rings. The zero-order valence-electron chi connectivity index (χ0n) is 20.4. The maximum absolute atomic E-state index is 5.79. The van der Waals surface area contributed by atoms with E-state index in [2.05, 4.69) is 6.92 Å². The topological polar surface area (TPSA) is 89.7 Å². The maximum Gasteiger partial charge on any atom is 0.530 e. The van der Waals surface area contributed by atoms with Gasteiger partial charge in [0.05, 0.1) is 32.5 Å². The SMILES string of the molecule is CCC(OCC1CO1)[Si](OC)(OC)OC.CCO[SiH](CC(CC)OCC1CO1)OCC. The summed E-state index contributed by atoms with van der Waals surface area (Å²) in [5, 5.41) is 0. The van der Waals surface area contributed by atoms with Crippen LogP contribution >= 0.6 is 0 Å². The molecule has 4 atom stereocenters. The van der Waals surface area contributed by atoms with Crippen LogP contribution in [0.2, 0.25) is 6.04 Å². The van der Waals surface area contributed by atoms with Crippen LogP contribution in [0.25, 0.3) is 0 Å². The Morgan fingerprint density at radius 2 is 1.29 bits per heavy atom. The summed E-state index contributed by atoms with van der Waals surface area (Å²) < 4.78 is 49.1. The summed E-state index contributed by atoms with van der Waals surface area (Å²) in [6.07, 6.45) is 2.66. The maximum atomic E-state index is 5.79. The molecule has 2 saturated heterocycles. The zero-order valence-corrected chi connectivity index (χ0v) is 22.6. The first kappa shape index (κ1) is 29.1. The van der Waals surface area contributed by atoms with Crippen LogP contribution in [0.1, 0.15) is 40.5 Å². The van der Waals surface area contributed by atoms with Crippen LogP contribution < -0.4 is 0 Å². The second-order valence-corrected chi connectivity index (χ2v) is 12.4. The highest BCUT2D eigenvalue weighted by atomic mass is 28.4. The van der Waals surface area contributed by atoms with Gasteiger partial charge in [-0.3, -0.25) is 0 Å². The number of ether oxygens (including phenoxy) is 4. The van der Waals surface area contributed by atoms with Gasteiger partial charge in [-0.1, -0.05) is 13.8 Å². The monoisotopic (exact) mass is 484 g/mol. The third-order valence-electron chi connectivity index (χ3n) is 5.04. The summed E-state index contributed by atoms with van der Waals surface area (Å²) >= 11 is 0. The fraction of sp³-hybridized carbons (Fsp3) is 1.00. The zero-order chi connectivity index (χ0) is 23.1. The van der Waals surface area contributed by atoms with E-state index < -0.39 is 18.1 Å². The molecule has 2 aliphatic heterocycles. The molecule has 0 saturated carbocycles. The van der Waals surface area contributed by atoms with E-state index >= 15 is 0 Å². The standard InChI is InChI=1S/C11H24O4Si.C9H20O5Si/c1-4-10(12-7-11-8-13-11)9-16(14-5-2)15-6-3;1-5-9(14-7-8-6-13-8)15(10-2,11-3)12-4/h10-11,16H,4-9H2,1-3H3;8-9H,5-7H2,1-4H3. The van der Waals surface area contributed by atoms with Crippen molar-refractivity contribution in [2.45, 2.75) is 70.6 Å². The predicted molar refractivity (Wildman–Crippen MR) is 122 cm³/mol. The van der Waals surface area contributed by atoms with E-state index in [-0.39, 0.29) is 17.9 Å². The van der Waals surface area contributed by atoms with Gasteiger partial charge in [0.25, 0.3) is 0 Å². The van der Waals surface area contributed by atoms with Crippen molar-refractivity contribution in [2.24, 2.45) is 0 Å². The van der Waals surface area contributed by atoms with Crippen molar-refractivity contribution in [3.63, 3.8) is 0 Å². The second kappa shape index (κ2) is 16.7. The van der Waals surface area contributed by atoms with Crippen LogP contribution in [0.15, 0.2) is 0 Å². The summed E-state index contributed by atoms with van der Waals surface area (Å²) in [6.45, 7) is 12.6. The van der Waals surface area contributed by atoms with Crippen LogP contribution in [-0.2, 0) is 41.1 Å². The van der Waals surface area contributed by atoms with Gasteiger partial charge in [0, 0.05) is 40.6 Å². The molecule has 0 aromatic heterocycles. The minimum Gasteiger partial charge on any atom is -0.397 e. The largest absolute Gasteiger partial charge is 0.530 e. The number of epoxide rings is 2. The van der Waals surface area contributed by atoms with Gasteiger partial charge in [-0.15, -0.1) is 0 Å². The van der Waals surface area contributed by atoms with Gasteiger partial charge in [-0.2, -0.15) is 0 Å². The predicted octanol–water partition coefficient (Wildman–Crippen LogP) is 2.07. The first-order valence-electron chi connectivity index (χ1n) is 11.4. The van der Waals surface area contributed by atoms with Crippen molar-refractivity contribution in [1.82, 2.24) is 0 Å². The first-order chi connectivity index (χ1) is 15.0. The van der Waals surface area contributed by atoms with Gasteiger partial charge in [0.1, 0.15) is 17.9 Å². The molecular weight excluding hydrogens is 440 g/mol. The Labute approximate surface area is 191 Å². The van der Waals surface area contributed by atoms with E-state index in [1.54, 1.807) is 21.3 Å². The van der Waals surface area contributed by atoms with Gasteiger partial charge in [-0.25, -0.2) is 0 Å². The number of rotatable bonds is 18. The lowest BCUT2D eigenvalue weighted by Crippen LogP contribution is -2.55. The van der Waals surface area contributed by atoms with Gasteiger partial charge in [-0.05, 0) is 26.7 Å². The van der Waals surface area contributed by atoms with Gasteiger partial charge in [0.2, 0.25) is 0 Å². The molecule has 0 aliphatic carbocycles. The highest BCUT2D eigenvalue weighted by Gasteiger charge is 2.48. The quantitative estimate of drug-likeness (QED) is 0.214. The molecular formula is C20H44O9Si2. The highest BCUT2D eigenvalue weighted by molar-refractivity contribution is 6.62. The minimum atomic E-state index is -2.66. The van der Waals surface area contributed by atoms with E-state index in [1.165, 1.54) is 0 Å². The van der Waals surface area contributed by atoms with E-state index in [9.17, 15) is 0 Å². The lowest BCUT2D eigenvalue weighted by molar-refractivity contribution is 0.00651. The molecule has 0 aromatic carbocycles. The summed E-state index contributed by atoms with van der Waals surface area (Å²) in [4.78, 5) is 0. The number of hydrogen-bond donors (Lipinski definition) is 0. The highest BCUT2D eigenvalue weighted by Crippen LogP contribution is 2.20. The minimum absolute atomic E-state index is 0.123. The van der Waals surface area contributed by atoms with Gasteiger partial charge in [0.15, 0.2) is 0 Å². The smallest absolute Gasteiger partial charge is 0.397 e. The summed E-state index contributed by atoms with van der Waals surface area (Å²) in [5.74, 6) is 0. The molecule has 0 N–H and O–H groups in total. The van der Waals surface area contributed by atoms with Crippen LogP contribution in [-0.4, -0.2) is 103 Å². The van der Waals surface area contributed by atoms with Crippen LogP contribution in [0.4, 0.5) is 0 Å². The third kappa shape index (κ3) is 11.7. The molecule has 0 aromatic rings. The Bertz CT molecular complexity index is 421. The third-order valence-corrected chi connectivity index (χ3v) is 10.4. The van der Waals surface area contributed by atoms with Crippen molar-refractivity contribution < 1.29 is 41.1 Å². The van der Waals surface area contributed by atoms with E-state index in [1.807, 2.05) is 20.8 Å². The molecule has 0 amide bonds. The molecule has 9 nitrogen and oxygen atoms in total. The lowest BCUT2D eigenvalue weighted by Gasteiger charge is -2.31. The molecule has 4 unspecified atom stereocenters. The van der Waals surface area contributed by atoms with Crippen molar-refractivity contribution in [2.75, 3.05) is 61.0 Å². The molecule has 0 spiro atoms. The average Bonchev–Trinajstić information content (AvgIpc) is 3.70. The molecule has 0 radical (unpaired) electrons. The van der Waals surface area contributed by atoms with E-state index in [0.29, 0.717) is 12.7 Å².